The van der Waals surface area contributed by atoms with Crippen LogP contribution in [0.25, 0.3) is 0 Å². The molecule has 0 saturated heterocycles. The van der Waals surface area contributed by atoms with E-state index in [-0.39, 0.29) is 0 Å². The molecule has 1 aromatic rings. The van der Waals surface area contributed by atoms with Crippen molar-refractivity contribution < 1.29 is 4.52 Å². The third kappa shape index (κ3) is 0.640. The van der Waals surface area contributed by atoms with Gasteiger partial charge in [-0.15, -0.1) is 0 Å². The van der Waals surface area contributed by atoms with Crippen molar-refractivity contribution in [1.29, 1.82) is 0 Å². The number of nitrogens with zero attached hydrogens (tertiary/aromatic N) is 1. The zero-order valence-electron chi connectivity index (χ0n) is 5.36. The molecule has 1 heterocycles. The average Bonchev–Trinajstić information content (AvgIpc) is 1.98. The normalized spacial score (nSPS) is 9.75. The molecule has 0 aliphatic carbocycles. The van der Waals surface area contributed by atoms with E-state index in [0.717, 1.165) is 16.9 Å². The summed E-state index contributed by atoms with van der Waals surface area (Å²) in [6.07, 6.45) is 0. The molecule has 0 amide bonds. The first-order chi connectivity index (χ1) is 3.72. The lowest BCUT2D eigenvalue weighted by molar-refractivity contribution is 0.440. The standard InChI is InChI=1S/C5H8BNO/c1-3-4(2)7-8-5(3)6/h6H2,1-2H3. The van der Waals surface area contributed by atoms with E-state index in [0.29, 0.717) is 0 Å². The molecule has 1 aromatic heterocycles. The Labute approximate surface area is 49.3 Å². The van der Waals surface area contributed by atoms with Crippen molar-refractivity contribution in [3.63, 3.8) is 0 Å². The molecule has 0 aliphatic heterocycles. The van der Waals surface area contributed by atoms with Crippen LogP contribution in [0.5, 0.6) is 0 Å². The van der Waals surface area contributed by atoms with Gasteiger partial charge in [0.25, 0.3) is 0 Å². The topological polar surface area (TPSA) is 26.0 Å². The van der Waals surface area contributed by atoms with Crippen LogP contribution in [0.15, 0.2) is 4.52 Å². The summed E-state index contributed by atoms with van der Waals surface area (Å²) in [7, 11) is 1.91. The van der Waals surface area contributed by atoms with Crippen LogP contribution in [0.2, 0.25) is 0 Å². The highest BCUT2D eigenvalue weighted by Crippen LogP contribution is 1.96. The minimum Gasteiger partial charge on any atom is -0.372 e. The van der Waals surface area contributed by atoms with Gasteiger partial charge in [-0.25, -0.2) is 0 Å². The average molecular weight is 109 g/mol. The third-order valence-electron chi connectivity index (χ3n) is 1.39. The fourth-order valence-electron chi connectivity index (χ4n) is 0.529. The van der Waals surface area contributed by atoms with Gasteiger partial charge in [0.05, 0.1) is 11.4 Å². The van der Waals surface area contributed by atoms with Crippen molar-refractivity contribution in [1.82, 2.24) is 5.16 Å². The molecule has 0 radical (unpaired) electrons. The third-order valence-corrected chi connectivity index (χ3v) is 1.39. The maximum atomic E-state index is 4.84. The van der Waals surface area contributed by atoms with Crippen LogP contribution >= 0.6 is 0 Å². The number of aromatic nitrogens is 1. The summed E-state index contributed by atoms with van der Waals surface area (Å²) in [5.74, 6) is 0. The number of aryl methyl sites for hydroxylation is 1. The van der Waals surface area contributed by atoms with E-state index in [1.54, 1.807) is 0 Å². The molecular formula is C5H8BNO. The quantitative estimate of drug-likeness (QED) is 0.421. The van der Waals surface area contributed by atoms with Gasteiger partial charge in [0.1, 0.15) is 0 Å². The molecule has 8 heavy (non-hydrogen) atoms. The predicted octanol–water partition coefficient (Wildman–Crippen LogP) is -0.450. The molecule has 0 saturated carbocycles. The number of hydrogen-bond acceptors (Lipinski definition) is 2. The highest BCUT2D eigenvalue weighted by Gasteiger charge is 1.99. The van der Waals surface area contributed by atoms with Crippen molar-refractivity contribution in [3.05, 3.63) is 11.3 Å². The Morgan fingerprint density at radius 1 is 1.50 bits per heavy atom. The van der Waals surface area contributed by atoms with E-state index in [9.17, 15) is 0 Å². The second-order valence-corrected chi connectivity index (χ2v) is 1.95. The van der Waals surface area contributed by atoms with Crippen molar-refractivity contribution in [2.24, 2.45) is 0 Å². The zero-order valence-corrected chi connectivity index (χ0v) is 5.36. The molecule has 0 atom stereocenters. The van der Waals surface area contributed by atoms with Gasteiger partial charge in [-0.05, 0) is 13.8 Å². The summed E-state index contributed by atoms with van der Waals surface area (Å²) in [6.45, 7) is 3.94. The lowest BCUT2D eigenvalue weighted by Gasteiger charge is -1.80. The van der Waals surface area contributed by atoms with Crippen LogP contribution in [0.3, 0.4) is 0 Å². The number of rotatable bonds is 0. The van der Waals surface area contributed by atoms with Crippen LogP contribution in [0.4, 0.5) is 0 Å². The molecule has 0 aromatic carbocycles. The van der Waals surface area contributed by atoms with Crippen LogP contribution in [0, 0.1) is 13.8 Å². The van der Waals surface area contributed by atoms with Gasteiger partial charge in [-0.1, -0.05) is 5.16 Å². The molecule has 0 unspecified atom stereocenters. The smallest absolute Gasteiger partial charge is 0.190 e. The SMILES string of the molecule is Bc1onc(C)c1C. The van der Waals surface area contributed by atoms with Crippen LogP contribution in [-0.2, 0) is 0 Å². The van der Waals surface area contributed by atoms with Crippen LogP contribution in [-0.4, -0.2) is 13.0 Å². The first-order valence-corrected chi connectivity index (χ1v) is 2.61. The maximum absolute atomic E-state index is 4.84. The fraction of sp³-hybridized carbons (Fsp3) is 0.400. The molecule has 0 spiro atoms. The van der Waals surface area contributed by atoms with Crippen molar-refractivity contribution in [2.75, 3.05) is 0 Å². The zero-order chi connectivity index (χ0) is 6.15. The van der Waals surface area contributed by atoms with Crippen molar-refractivity contribution >= 4 is 13.5 Å². The van der Waals surface area contributed by atoms with Gasteiger partial charge in [0, 0.05) is 5.56 Å². The van der Waals surface area contributed by atoms with Gasteiger partial charge >= 0.3 is 0 Å². The lowest BCUT2D eigenvalue weighted by atomic mass is 10.0. The minimum absolute atomic E-state index is 0.919. The Kier molecular flexibility index (Phi) is 1.12. The summed E-state index contributed by atoms with van der Waals surface area (Å²) < 4.78 is 4.84. The van der Waals surface area contributed by atoms with Crippen molar-refractivity contribution in [2.45, 2.75) is 13.8 Å². The molecule has 1 rings (SSSR count). The van der Waals surface area contributed by atoms with Gasteiger partial charge in [0.15, 0.2) is 7.85 Å². The number of hydrogen-bond donors (Lipinski definition) is 0. The lowest BCUT2D eigenvalue weighted by Crippen LogP contribution is -2.00. The van der Waals surface area contributed by atoms with Gasteiger partial charge in [-0.2, -0.15) is 0 Å². The Morgan fingerprint density at radius 3 is 2.25 bits per heavy atom. The Hall–Kier alpha value is -0.725. The predicted molar refractivity (Wildman–Crippen MR) is 34.2 cm³/mol. The summed E-state index contributed by atoms with van der Waals surface area (Å²) in [6, 6.07) is 0. The molecular weight excluding hydrogens is 101 g/mol. The van der Waals surface area contributed by atoms with Gasteiger partial charge < -0.3 is 4.52 Å². The van der Waals surface area contributed by atoms with E-state index in [2.05, 4.69) is 5.16 Å². The Bertz CT molecular complexity index is 175. The first kappa shape index (κ1) is 5.41. The van der Waals surface area contributed by atoms with E-state index in [4.69, 9.17) is 4.52 Å². The molecule has 0 aliphatic rings. The maximum Gasteiger partial charge on any atom is 0.190 e. The van der Waals surface area contributed by atoms with Gasteiger partial charge in [-0.3, -0.25) is 0 Å². The second kappa shape index (κ2) is 1.65. The summed E-state index contributed by atoms with van der Waals surface area (Å²) in [5.41, 5.74) is 3.06. The van der Waals surface area contributed by atoms with E-state index < -0.39 is 0 Å². The highest BCUT2D eigenvalue weighted by atomic mass is 16.5. The molecule has 42 valence electrons. The monoisotopic (exact) mass is 109 g/mol. The van der Waals surface area contributed by atoms with Crippen molar-refractivity contribution in [3.8, 4) is 0 Å². The van der Waals surface area contributed by atoms with Crippen LogP contribution in [0.1, 0.15) is 11.3 Å². The molecule has 2 nitrogen and oxygen atoms in total. The van der Waals surface area contributed by atoms with E-state index >= 15 is 0 Å². The largest absolute Gasteiger partial charge is 0.372 e. The summed E-state index contributed by atoms with van der Waals surface area (Å²) in [4.78, 5) is 0. The first-order valence-electron chi connectivity index (χ1n) is 2.61. The van der Waals surface area contributed by atoms with E-state index in [1.807, 2.05) is 21.7 Å². The van der Waals surface area contributed by atoms with E-state index in [1.165, 1.54) is 0 Å². The molecule has 0 fully saturated rings. The molecule has 0 bridgehead atoms. The fourth-order valence-corrected chi connectivity index (χ4v) is 0.529. The van der Waals surface area contributed by atoms with Crippen LogP contribution < -0.4 is 5.66 Å². The molecule has 3 heteroatoms. The summed E-state index contributed by atoms with van der Waals surface area (Å²) >= 11 is 0. The Morgan fingerprint density at radius 2 is 2.12 bits per heavy atom. The highest BCUT2D eigenvalue weighted by molar-refractivity contribution is 6.30. The van der Waals surface area contributed by atoms with Gasteiger partial charge in [0.2, 0.25) is 0 Å². The Balaban J connectivity index is 3.19. The minimum atomic E-state index is 0.919. The second-order valence-electron chi connectivity index (χ2n) is 1.95. The summed E-state index contributed by atoms with van der Waals surface area (Å²) in [5, 5.41) is 3.74. The molecule has 0 N–H and O–H groups in total.